The number of para-hydroxylation sites is 1. The van der Waals surface area contributed by atoms with Crippen LogP contribution in [0.15, 0.2) is 30.3 Å². The number of nitrogens with zero attached hydrogens (tertiary/aromatic N) is 2. The van der Waals surface area contributed by atoms with E-state index < -0.39 is 5.97 Å². The van der Waals surface area contributed by atoms with Crippen LogP contribution in [0.1, 0.15) is 15.9 Å². The lowest BCUT2D eigenvalue weighted by Gasteiger charge is -2.06. The molecule has 0 aliphatic rings. The van der Waals surface area contributed by atoms with Crippen LogP contribution in [-0.2, 0) is 0 Å². The zero-order valence-electron chi connectivity index (χ0n) is 10.0. The standard InChI is InChI=1S/C14H9ClN2O2/c1-7-5-6-9(15)13-11(7)17-12-8(14(18)19)3-2-4-10(12)16-13/h2-6H,1H3,(H,18,19). The summed E-state index contributed by atoms with van der Waals surface area (Å²) in [5.74, 6) is -1.01. The van der Waals surface area contributed by atoms with Crippen molar-refractivity contribution in [3.8, 4) is 0 Å². The van der Waals surface area contributed by atoms with E-state index in [4.69, 9.17) is 11.6 Å². The zero-order valence-corrected chi connectivity index (χ0v) is 10.8. The van der Waals surface area contributed by atoms with Crippen LogP contribution in [0.4, 0.5) is 0 Å². The predicted octanol–water partition coefficient (Wildman–Crippen LogP) is 3.44. The van der Waals surface area contributed by atoms with Crippen molar-refractivity contribution >= 4 is 39.6 Å². The van der Waals surface area contributed by atoms with Gasteiger partial charge in [-0.25, -0.2) is 14.8 Å². The molecule has 0 radical (unpaired) electrons. The lowest BCUT2D eigenvalue weighted by molar-refractivity contribution is 0.0699. The molecule has 19 heavy (non-hydrogen) atoms. The normalized spacial score (nSPS) is 11.1. The molecule has 0 unspecified atom stereocenters. The Morgan fingerprint density at radius 3 is 2.63 bits per heavy atom. The zero-order chi connectivity index (χ0) is 13.6. The molecular formula is C14H9ClN2O2. The number of carboxylic acids is 1. The SMILES string of the molecule is Cc1ccc(Cl)c2nc3cccc(C(=O)O)c3nc12. The van der Waals surface area contributed by atoms with Crippen molar-refractivity contribution < 1.29 is 9.90 Å². The van der Waals surface area contributed by atoms with E-state index in [0.717, 1.165) is 5.56 Å². The number of halogens is 1. The van der Waals surface area contributed by atoms with Crippen LogP contribution >= 0.6 is 11.6 Å². The van der Waals surface area contributed by atoms with Crippen molar-refractivity contribution in [3.05, 3.63) is 46.5 Å². The van der Waals surface area contributed by atoms with Gasteiger partial charge in [0.1, 0.15) is 11.0 Å². The van der Waals surface area contributed by atoms with Crippen LogP contribution in [-0.4, -0.2) is 21.0 Å². The first kappa shape index (κ1) is 11.9. The summed E-state index contributed by atoms with van der Waals surface area (Å²) in [6.45, 7) is 1.89. The maximum absolute atomic E-state index is 11.2. The summed E-state index contributed by atoms with van der Waals surface area (Å²) in [5, 5.41) is 9.69. The maximum Gasteiger partial charge on any atom is 0.337 e. The molecule has 94 valence electrons. The first-order chi connectivity index (χ1) is 9.08. The van der Waals surface area contributed by atoms with Crippen molar-refractivity contribution in [2.24, 2.45) is 0 Å². The smallest absolute Gasteiger partial charge is 0.337 e. The summed E-state index contributed by atoms with van der Waals surface area (Å²) in [7, 11) is 0. The summed E-state index contributed by atoms with van der Waals surface area (Å²) in [5.41, 5.74) is 3.19. The number of aromatic nitrogens is 2. The molecule has 4 nitrogen and oxygen atoms in total. The summed E-state index contributed by atoms with van der Waals surface area (Å²) in [6, 6.07) is 8.50. The van der Waals surface area contributed by atoms with Gasteiger partial charge in [-0.15, -0.1) is 0 Å². The van der Waals surface area contributed by atoms with Gasteiger partial charge in [0.25, 0.3) is 0 Å². The molecule has 0 spiro atoms. The van der Waals surface area contributed by atoms with Gasteiger partial charge in [-0.2, -0.15) is 0 Å². The highest BCUT2D eigenvalue weighted by Crippen LogP contribution is 2.26. The van der Waals surface area contributed by atoms with Gasteiger partial charge in [-0.3, -0.25) is 0 Å². The molecule has 0 fully saturated rings. The topological polar surface area (TPSA) is 63.1 Å². The van der Waals surface area contributed by atoms with Gasteiger partial charge < -0.3 is 5.11 Å². The molecule has 1 heterocycles. The van der Waals surface area contributed by atoms with E-state index >= 15 is 0 Å². The average molecular weight is 273 g/mol. The fraction of sp³-hybridized carbons (Fsp3) is 0.0714. The Labute approximate surface area is 113 Å². The first-order valence-electron chi connectivity index (χ1n) is 5.67. The van der Waals surface area contributed by atoms with E-state index in [2.05, 4.69) is 9.97 Å². The van der Waals surface area contributed by atoms with Crippen LogP contribution in [0.2, 0.25) is 5.02 Å². The van der Waals surface area contributed by atoms with Crippen molar-refractivity contribution in [2.45, 2.75) is 6.92 Å². The monoisotopic (exact) mass is 272 g/mol. The third-order valence-electron chi connectivity index (χ3n) is 3.00. The van der Waals surface area contributed by atoms with Crippen molar-refractivity contribution in [1.29, 1.82) is 0 Å². The predicted molar refractivity (Wildman–Crippen MR) is 73.8 cm³/mol. The van der Waals surface area contributed by atoms with Gasteiger partial charge in [-0.1, -0.05) is 23.7 Å². The fourth-order valence-electron chi connectivity index (χ4n) is 2.05. The van der Waals surface area contributed by atoms with Gasteiger partial charge in [0.2, 0.25) is 0 Å². The number of benzene rings is 2. The fourth-order valence-corrected chi connectivity index (χ4v) is 2.24. The molecule has 0 bridgehead atoms. The molecule has 2 aromatic carbocycles. The molecule has 0 amide bonds. The highest BCUT2D eigenvalue weighted by molar-refractivity contribution is 6.35. The number of hydrogen-bond donors (Lipinski definition) is 1. The van der Waals surface area contributed by atoms with Crippen molar-refractivity contribution in [1.82, 2.24) is 9.97 Å². The Bertz CT molecular complexity index is 830. The second-order valence-electron chi connectivity index (χ2n) is 4.26. The maximum atomic E-state index is 11.2. The summed E-state index contributed by atoms with van der Waals surface area (Å²) in [4.78, 5) is 20.1. The molecule has 0 saturated heterocycles. The van der Waals surface area contributed by atoms with E-state index in [1.165, 1.54) is 6.07 Å². The molecule has 1 aromatic heterocycles. The highest BCUT2D eigenvalue weighted by atomic mass is 35.5. The number of aryl methyl sites for hydroxylation is 1. The lowest BCUT2D eigenvalue weighted by Crippen LogP contribution is -2.00. The molecule has 3 aromatic rings. The van der Waals surface area contributed by atoms with E-state index in [-0.39, 0.29) is 5.56 Å². The second kappa shape index (κ2) is 4.17. The van der Waals surface area contributed by atoms with Gasteiger partial charge in [0, 0.05) is 0 Å². The van der Waals surface area contributed by atoms with Crippen molar-refractivity contribution in [3.63, 3.8) is 0 Å². The van der Waals surface area contributed by atoms with E-state index in [1.54, 1.807) is 18.2 Å². The number of aromatic carboxylic acids is 1. The highest BCUT2D eigenvalue weighted by Gasteiger charge is 2.13. The van der Waals surface area contributed by atoms with Gasteiger partial charge in [0.05, 0.1) is 21.6 Å². The average Bonchev–Trinajstić information content (AvgIpc) is 2.40. The Morgan fingerprint density at radius 1 is 1.11 bits per heavy atom. The molecular weight excluding hydrogens is 264 g/mol. The third-order valence-corrected chi connectivity index (χ3v) is 3.31. The van der Waals surface area contributed by atoms with Crippen LogP contribution in [0, 0.1) is 6.92 Å². The number of carboxylic acid groups (broad SMARTS) is 1. The van der Waals surface area contributed by atoms with Gasteiger partial charge in [0.15, 0.2) is 0 Å². The molecule has 0 atom stereocenters. The van der Waals surface area contributed by atoms with Crippen LogP contribution in [0.5, 0.6) is 0 Å². The molecule has 5 heteroatoms. The molecule has 3 rings (SSSR count). The van der Waals surface area contributed by atoms with Gasteiger partial charge in [-0.05, 0) is 30.7 Å². The number of rotatable bonds is 1. The quantitative estimate of drug-likeness (QED) is 0.689. The molecule has 1 N–H and O–H groups in total. The van der Waals surface area contributed by atoms with E-state index in [0.29, 0.717) is 27.1 Å². The Hall–Kier alpha value is -2.20. The third kappa shape index (κ3) is 1.81. The summed E-state index contributed by atoms with van der Waals surface area (Å²) in [6.07, 6.45) is 0. The van der Waals surface area contributed by atoms with Gasteiger partial charge >= 0.3 is 5.97 Å². The number of hydrogen-bond acceptors (Lipinski definition) is 3. The number of carbonyl (C=O) groups is 1. The van der Waals surface area contributed by atoms with Crippen LogP contribution in [0.25, 0.3) is 22.1 Å². The van der Waals surface area contributed by atoms with Crippen LogP contribution in [0.3, 0.4) is 0 Å². The molecule has 0 aliphatic heterocycles. The van der Waals surface area contributed by atoms with Crippen molar-refractivity contribution in [2.75, 3.05) is 0 Å². The Balaban J connectivity index is 2.52. The lowest BCUT2D eigenvalue weighted by atomic mass is 10.1. The van der Waals surface area contributed by atoms with E-state index in [9.17, 15) is 9.90 Å². The first-order valence-corrected chi connectivity index (χ1v) is 6.04. The Kier molecular flexibility index (Phi) is 2.61. The minimum atomic E-state index is -1.01. The second-order valence-corrected chi connectivity index (χ2v) is 4.67. The summed E-state index contributed by atoms with van der Waals surface area (Å²) < 4.78 is 0. The van der Waals surface area contributed by atoms with E-state index in [1.807, 2.05) is 13.0 Å². The number of fused-ring (bicyclic) bond motifs is 2. The Morgan fingerprint density at radius 2 is 1.89 bits per heavy atom. The summed E-state index contributed by atoms with van der Waals surface area (Å²) >= 11 is 6.11. The minimum absolute atomic E-state index is 0.145. The molecule has 0 saturated carbocycles. The molecule has 0 aliphatic carbocycles. The van der Waals surface area contributed by atoms with Crippen LogP contribution < -0.4 is 0 Å². The largest absolute Gasteiger partial charge is 0.478 e. The minimum Gasteiger partial charge on any atom is -0.478 e.